The average molecular weight is 377 g/mol. The van der Waals surface area contributed by atoms with E-state index in [-0.39, 0.29) is 18.0 Å². The van der Waals surface area contributed by atoms with Crippen molar-refractivity contribution in [3.05, 3.63) is 28.2 Å². The van der Waals surface area contributed by atoms with Crippen LogP contribution in [0.2, 0.25) is 0 Å². The van der Waals surface area contributed by atoms with Gasteiger partial charge in [-0.05, 0) is 37.6 Å². The Bertz CT molecular complexity index is 626. The minimum Gasteiger partial charge on any atom is -0.493 e. The lowest BCUT2D eigenvalue weighted by Gasteiger charge is -2.35. The molecule has 2 heterocycles. The van der Waals surface area contributed by atoms with E-state index in [1.54, 1.807) is 0 Å². The lowest BCUT2D eigenvalue weighted by Crippen LogP contribution is -2.50. The second kappa shape index (κ2) is 7.37. The highest BCUT2D eigenvalue weighted by molar-refractivity contribution is 9.10. The van der Waals surface area contributed by atoms with E-state index in [4.69, 9.17) is 11.2 Å². The molecule has 1 saturated heterocycles. The second-order valence-electron chi connectivity index (χ2n) is 6.07. The molecule has 2 aliphatic heterocycles. The molecular weight excluding hydrogens is 356 g/mol. The zero-order valence-corrected chi connectivity index (χ0v) is 14.6. The summed E-state index contributed by atoms with van der Waals surface area (Å²) >= 11 is 3.49. The number of hydrogen-bond donors (Lipinski definition) is 1. The van der Waals surface area contributed by atoms with Crippen molar-refractivity contribution < 1.29 is 9.53 Å². The number of likely N-dealkylation sites (tertiary alicyclic amines) is 1. The maximum absolute atomic E-state index is 12.8. The van der Waals surface area contributed by atoms with Crippen LogP contribution in [-0.4, -0.2) is 36.5 Å². The molecule has 1 N–H and O–H groups in total. The minimum atomic E-state index is -0.113. The Morgan fingerprint density at radius 3 is 3.13 bits per heavy atom. The third-order valence-corrected chi connectivity index (χ3v) is 5.03. The first-order valence-corrected chi connectivity index (χ1v) is 8.88. The van der Waals surface area contributed by atoms with Crippen LogP contribution in [0.1, 0.15) is 37.3 Å². The summed E-state index contributed by atoms with van der Waals surface area (Å²) < 4.78 is 6.68. The van der Waals surface area contributed by atoms with Crippen LogP contribution in [0.25, 0.3) is 0 Å². The second-order valence-corrected chi connectivity index (χ2v) is 6.98. The van der Waals surface area contributed by atoms with Gasteiger partial charge in [0.15, 0.2) is 0 Å². The van der Waals surface area contributed by atoms with E-state index in [9.17, 15) is 4.79 Å². The Kier molecular flexibility index (Phi) is 5.24. The summed E-state index contributed by atoms with van der Waals surface area (Å²) in [6.45, 7) is 2.06. The number of rotatable bonds is 3. The Morgan fingerprint density at radius 2 is 2.30 bits per heavy atom. The van der Waals surface area contributed by atoms with Crippen LogP contribution in [-0.2, 0) is 4.79 Å². The maximum Gasteiger partial charge on any atom is 0.237 e. The van der Waals surface area contributed by atoms with Crippen LogP contribution >= 0.6 is 15.9 Å². The summed E-state index contributed by atoms with van der Waals surface area (Å²) in [6.07, 6.45) is 9.29. The Labute approximate surface area is 145 Å². The molecule has 2 atom stereocenters. The molecular formula is C18H21BrN2O2. The molecule has 3 rings (SSSR count). The lowest BCUT2D eigenvalue weighted by atomic mass is 9.98. The van der Waals surface area contributed by atoms with Crippen LogP contribution in [0.3, 0.4) is 0 Å². The number of carbonyl (C=O) groups excluding carboxylic acids is 1. The number of benzene rings is 1. The van der Waals surface area contributed by atoms with Gasteiger partial charge in [-0.1, -0.05) is 28.3 Å². The molecule has 23 heavy (non-hydrogen) atoms. The number of ether oxygens (including phenoxy) is 1. The predicted molar refractivity (Wildman–Crippen MR) is 93.2 cm³/mol. The van der Waals surface area contributed by atoms with Gasteiger partial charge in [-0.2, -0.15) is 0 Å². The Hall–Kier alpha value is -1.51. The topological polar surface area (TPSA) is 41.6 Å². The molecule has 1 aromatic rings. The predicted octanol–water partition coefficient (Wildman–Crippen LogP) is 2.88. The molecule has 2 aliphatic rings. The fourth-order valence-corrected chi connectivity index (χ4v) is 3.76. The Balaban J connectivity index is 1.73. The van der Waals surface area contributed by atoms with E-state index in [2.05, 4.69) is 32.1 Å². The normalized spacial score (nSPS) is 24.2. The molecule has 1 amide bonds. The highest BCUT2D eigenvalue weighted by Gasteiger charge is 2.31. The quantitative estimate of drug-likeness (QED) is 0.824. The van der Waals surface area contributed by atoms with Gasteiger partial charge in [0.25, 0.3) is 0 Å². The van der Waals surface area contributed by atoms with Crippen LogP contribution in [0, 0.1) is 12.3 Å². The third-order valence-electron chi connectivity index (χ3n) is 4.54. The summed E-state index contributed by atoms with van der Waals surface area (Å²) in [5.74, 6) is 3.61. The van der Waals surface area contributed by atoms with Gasteiger partial charge >= 0.3 is 0 Å². The van der Waals surface area contributed by atoms with E-state index in [0.717, 1.165) is 48.0 Å². The van der Waals surface area contributed by atoms with Crippen molar-refractivity contribution in [1.82, 2.24) is 10.2 Å². The van der Waals surface area contributed by atoms with E-state index in [1.165, 1.54) is 0 Å². The summed E-state index contributed by atoms with van der Waals surface area (Å²) in [5, 5.41) is 3.21. The van der Waals surface area contributed by atoms with Crippen molar-refractivity contribution in [2.24, 2.45) is 0 Å². The van der Waals surface area contributed by atoms with E-state index >= 15 is 0 Å². The first-order chi connectivity index (χ1) is 11.2. The largest absolute Gasteiger partial charge is 0.493 e. The summed E-state index contributed by atoms with van der Waals surface area (Å²) in [5.41, 5.74) is 1.04. The van der Waals surface area contributed by atoms with Crippen LogP contribution in [0.4, 0.5) is 0 Å². The van der Waals surface area contributed by atoms with Gasteiger partial charge in [-0.15, -0.1) is 6.42 Å². The number of hydrogen-bond acceptors (Lipinski definition) is 3. The van der Waals surface area contributed by atoms with Crippen molar-refractivity contribution in [3.63, 3.8) is 0 Å². The highest BCUT2D eigenvalue weighted by Crippen LogP contribution is 2.34. The molecule has 0 saturated carbocycles. The van der Waals surface area contributed by atoms with Crippen molar-refractivity contribution in [3.8, 4) is 18.1 Å². The van der Waals surface area contributed by atoms with Crippen LogP contribution in [0.15, 0.2) is 22.7 Å². The van der Waals surface area contributed by atoms with Crippen LogP contribution in [0.5, 0.6) is 5.75 Å². The van der Waals surface area contributed by atoms with Crippen molar-refractivity contribution in [1.29, 1.82) is 0 Å². The van der Waals surface area contributed by atoms with Gasteiger partial charge < -0.3 is 10.1 Å². The first kappa shape index (κ1) is 16.4. The lowest BCUT2D eigenvalue weighted by molar-refractivity contribution is -0.128. The van der Waals surface area contributed by atoms with Crippen molar-refractivity contribution in [2.45, 2.75) is 37.8 Å². The molecule has 122 valence electrons. The minimum absolute atomic E-state index is 0.00152. The number of amides is 1. The van der Waals surface area contributed by atoms with E-state index in [0.29, 0.717) is 13.2 Å². The third kappa shape index (κ3) is 3.70. The number of nitrogens with zero attached hydrogens (tertiary/aromatic N) is 1. The number of fused-ring (bicyclic) bond motifs is 1. The number of halogens is 1. The maximum atomic E-state index is 12.8. The molecule has 0 bridgehead atoms. The molecule has 0 aliphatic carbocycles. The van der Waals surface area contributed by atoms with Crippen LogP contribution < -0.4 is 10.1 Å². The van der Waals surface area contributed by atoms with E-state index in [1.807, 2.05) is 18.2 Å². The molecule has 5 heteroatoms. The monoisotopic (exact) mass is 376 g/mol. The molecule has 1 aromatic carbocycles. The zero-order valence-electron chi connectivity index (χ0n) is 13.1. The SMILES string of the molecule is C#CCN1CCCC[C@@H]1C(=O)N[C@H]1CCOc2ccc(Br)cc21. The number of nitrogens with one attached hydrogen (secondary N) is 1. The molecule has 1 fully saturated rings. The summed E-state index contributed by atoms with van der Waals surface area (Å²) in [6, 6.07) is 5.82. The van der Waals surface area contributed by atoms with Gasteiger partial charge in [-0.3, -0.25) is 9.69 Å². The average Bonchev–Trinajstić information content (AvgIpc) is 2.56. The zero-order chi connectivity index (χ0) is 16.2. The number of carbonyl (C=O) groups is 1. The molecule has 0 aromatic heterocycles. The number of terminal acetylenes is 1. The first-order valence-electron chi connectivity index (χ1n) is 8.09. The van der Waals surface area contributed by atoms with E-state index < -0.39 is 0 Å². The fourth-order valence-electron chi connectivity index (χ4n) is 3.38. The molecule has 0 unspecified atom stereocenters. The van der Waals surface area contributed by atoms with Gasteiger partial charge in [0, 0.05) is 16.5 Å². The van der Waals surface area contributed by atoms with Gasteiger partial charge in [0.2, 0.25) is 5.91 Å². The fraction of sp³-hybridized carbons (Fsp3) is 0.500. The smallest absolute Gasteiger partial charge is 0.237 e. The molecule has 4 nitrogen and oxygen atoms in total. The number of piperidine rings is 1. The van der Waals surface area contributed by atoms with Gasteiger partial charge in [0.05, 0.1) is 25.2 Å². The van der Waals surface area contributed by atoms with Gasteiger partial charge in [0.1, 0.15) is 5.75 Å². The summed E-state index contributed by atoms with van der Waals surface area (Å²) in [7, 11) is 0. The van der Waals surface area contributed by atoms with Gasteiger partial charge in [-0.25, -0.2) is 0 Å². The Morgan fingerprint density at radius 1 is 1.43 bits per heavy atom. The molecule has 0 spiro atoms. The van der Waals surface area contributed by atoms with Crippen molar-refractivity contribution in [2.75, 3.05) is 19.7 Å². The molecule has 0 radical (unpaired) electrons. The standard InChI is InChI=1S/C18H21BrN2O2/c1-2-9-21-10-4-3-5-16(21)18(22)20-15-8-11-23-17-7-6-13(19)12-14(15)17/h1,6-7,12,15-16H,3-5,8-11H2,(H,20,22)/t15-,16+/m0/s1. The van der Waals surface area contributed by atoms with Crippen molar-refractivity contribution >= 4 is 21.8 Å². The highest BCUT2D eigenvalue weighted by atomic mass is 79.9. The summed E-state index contributed by atoms with van der Waals surface area (Å²) in [4.78, 5) is 14.9.